The van der Waals surface area contributed by atoms with E-state index in [-0.39, 0.29) is 17.1 Å². The van der Waals surface area contributed by atoms with Crippen LogP contribution in [0.2, 0.25) is 5.02 Å². The fourth-order valence-corrected chi connectivity index (χ4v) is 3.06. The largest absolute Gasteiger partial charge is 0.330 e. The number of benzene rings is 1. The Balaban J connectivity index is 2.65. The molecule has 0 bridgehead atoms. The van der Waals surface area contributed by atoms with Crippen LogP contribution in [0.25, 0.3) is 0 Å². The van der Waals surface area contributed by atoms with E-state index < -0.39 is 17.0 Å². The molecule has 1 aliphatic rings. The topological polar surface area (TPSA) is 26.0 Å². The SMILES string of the molecule is Cc1cc(Cl)c(F)c(C2(CN)CCCC2)c1F. The van der Waals surface area contributed by atoms with Crippen molar-refractivity contribution >= 4 is 11.6 Å². The van der Waals surface area contributed by atoms with Gasteiger partial charge in [0.15, 0.2) is 0 Å². The second kappa shape index (κ2) is 4.54. The van der Waals surface area contributed by atoms with Crippen LogP contribution in [0.3, 0.4) is 0 Å². The van der Waals surface area contributed by atoms with Crippen molar-refractivity contribution in [3.05, 3.63) is 33.9 Å². The second-order valence-corrected chi connectivity index (χ2v) is 5.28. The van der Waals surface area contributed by atoms with Gasteiger partial charge in [-0.05, 0) is 31.4 Å². The van der Waals surface area contributed by atoms with Gasteiger partial charge in [0.1, 0.15) is 11.6 Å². The molecule has 1 fully saturated rings. The molecule has 0 aliphatic heterocycles. The van der Waals surface area contributed by atoms with E-state index in [1.807, 2.05) is 0 Å². The lowest BCUT2D eigenvalue weighted by molar-refractivity contribution is 0.399. The van der Waals surface area contributed by atoms with Gasteiger partial charge in [0.2, 0.25) is 0 Å². The lowest BCUT2D eigenvalue weighted by Crippen LogP contribution is -2.34. The molecular formula is C13H16ClF2N. The highest BCUT2D eigenvalue weighted by atomic mass is 35.5. The maximum Gasteiger partial charge on any atom is 0.148 e. The highest BCUT2D eigenvalue weighted by Gasteiger charge is 2.39. The maximum absolute atomic E-state index is 14.2. The van der Waals surface area contributed by atoms with Gasteiger partial charge in [-0.15, -0.1) is 0 Å². The Morgan fingerprint density at radius 2 is 1.88 bits per heavy atom. The van der Waals surface area contributed by atoms with E-state index in [1.165, 1.54) is 6.07 Å². The highest BCUT2D eigenvalue weighted by Crippen LogP contribution is 2.44. The number of aryl methyl sites for hydroxylation is 1. The predicted octanol–water partition coefficient (Wildman–Crippen LogP) is 3.70. The maximum atomic E-state index is 14.2. The summed E-state index contributed by atoms with van der Waals surface area (Å²) in [5, 5.41) is -0.0152. The molecule has 1 aromatic carbocycles. The quantitative estimate of drug-likeness (QED) is 0.806. The van der Waals surface area contributed by atoms with Crippen molar-refractivity contribution in [2.45, 2.75) is 38.0 Å². The fraction of sp³-hybridized carbons (Fsp3) is 0.538. The summed E-state index contributed by atoms with van der Waals surface area (Å²) in [6.07, 6.45) is 3.39. The van der Waals surface area contributed by atoms with Gasteiger partial charge in [0.05, 0.1) is 5.02 Å². The minimum Gasteiger partial charge on any atom is -0.330 e. The van der Waals surface area contributed by atoms with Crippen molar-refractivity contribution in [1.82, 2.24) is 0 Å². The first-order chi connectivity index (χ1) is 8.02. The van der Waals surface area contributed by atoms with Crippen LogP contribution in [-0.4, -0.2) is 6.54 Å². The van der Waals surface area contributed by atoms with Gasteiger partial charge in [-0.2, -0.15) is 0 Å². The third-order valence-corrected chi connectivity index (χ3v) is 4.09. The molecule has 1 saturated carbocycles. The molecule has 1 aromatic rings. The summed E-state index contributed by atoms with van der Waals surface area (Å²) in [4.78, 5) is 0. The average Bonchev–Trinajstić information content (AvgIpc) is 2.77. The van der Waals surface area contributed by atoms with Crippen LogP contribution < -0.4 is 5.73 Å². The van der Waals surface area contributed by atoms with Crippen LogP contribution in [0.15, 0.2) is 6.07 Å². The number of nitrogens with two attached hydrogens (primary N) is 1. The second-order valence-electron chi connectivity index (χ2n) is 4.87. The normalized spacial score (nSPS) is 18.6. The lowest BCUT2D eigenvalue weighted by Gasteiger charge is -2.29. The summed E-state index contributed by atoms with van der Waals surface area (Å²) in [5.74, 6) is -1.12. The molecule has 4 heteroatoms. The molecule has 0 spiro atoms. The van der Waals surface area contributed by atoms with Gasteiger partial charge in [-0.1, -0.05) is 24.4 Å². The Kier molecular flexibility index (Phi) is 3.41. The van der Waals surface area contributed by atoms with Crippen molar-refractivity contribution < 1.29 is 8.78 Å². The molecule has 1 nitrogen and oxygen atoms in total. The summed E-state index contributed by atoms with van der Waals surface area (Å²) >= 11 is 5.81. The summed E-state index contributed by atoms with van der Waals surface area (Å²) in [7, 11) is 0. The lowest BCUT2D eigenvalue weighted by atomic mass is 9.77. The van der Waals surface area contributed by atoms with Crippen LogP contribution in [0, 0.1) is 18.6 Å². The summed E-state index contributed by atoms with van der Waals surface area (Å²) in [5.41, 5.74) is 5.68. The van der Waals surface area contributed by atoms with Crippen LogP contribution in [0.1, 0.15) is 36.8 Å². The van der Waals surface area contributed by atoms with E-state index in [1.54, 1.807) is 6.92 Å². The number of halogens is 3. The molecule has 0 atom stereocenters. The van der Waals surface area contributed by atoms with E-state index in [9.17, 15) is 8.78 Å². The van der Waals surface area contributed by atoms with E-state index in [0.717, 1.165) is 25.7 Å². The first-order valence-corrected chi connectivity index (χ1v) is 6.24. The fourth-order valence-electron chi connectivity index (χ4n) is 2.80. The van der Waals surface area contributed by atoms with Gasteiger partial charge in [-0.25, -0.2) is 8.78 Å². The zero-order valence-corrected chi connectivity index (χ0v) is 10.6. The molecule has 0 amide bonds. The summed E-state index contributed by atoms with van der Waals surface area (Å²) < 4.78 is 28.3. The zero-order chi connectivity index (χ0) is 12.6. The molecule has 0 heterocycles. The molecule has 0 unspecified atom stereocenters. The van der Waals surface area contributed by atoms with Gasteiger partial charge in [0.25, 0.3) is 0 Å². The summed E-state index contributed by atoms with van der Waals surface area (Å²) in [6, 6.07) is 1.33. The van der Waals surface area contributed by atoms with Crippen LogP contribution in [0.4, 0.5) is 8.78 Å². The Bertz CT molecular complexity index is 413. The van der Waals surface area contributed by atoms with Crippen LogP contribution >= 0.6 is 11.6 Å². The first kappa shape index (κ1) is 12.8. The van der Waals surface area contributed by atoms with E-state index in [4.69, 9.17) is 17.3 Å². The minimum absolute atomic E-state index is 0.0152. The van der Waals surface area contributed by atoms with Crippen molar-refractivity contribution in [3.8, 4) is 0 Å². The number of rotatable bonds is 2. The van der Waals surface area contributed by atoms with Crippen molar-refractivity contribution in [2.75, 3.05) is 6.54 Å². The van der Waals surface area contributed by atoms with Gasteiger partial charge in [-0.3, -0.25) is 0 Å². The van der Waals surface area contributed by atoms with E-state index in [0.29, 0.717) is 5.56 Å². The van der Waals surface area contributed by atoms with Crippen LogP contribution in [-0.2, 0) is 5.41 Å². The Hall–Kier alpha value is -0.670. The number of hydrogen-bond donors (Lipinski definition) is 1. The molecule has 17 heavy (non-hydrogen) atoms. The first-order valence-electron chi connectivity index (χ1n) is 5.86. The van der Waals surface area contributed by atoms with Crippen molar-refractivity contribution in [2.24, 2.45) is 5.73 Å². The molecule has 0 aromatic heterocycles. The Morgan fingerprint density at radius 3 is 2.41 bits per heavy atom. The van der Waals surface area contributed by atoms with E-state index >= 15 is 0 Å². The third-order valence-electron chi connectivity index (χ3n) is 3.82. The molecule has 2 rings (SSSR count). The predicted molar refractivity (Wildman–Crippen MR) is 65.3 cm³/mol. The third kappa shape index (κ3) is 1.95. The standard InChI is InChI=1S/C13H16ClF2N/c1-8-6-9(14)12(16)10(11(8)15)13(7-17)4-2-3-5-13/h6H,2-5,7,17H2,1H3. The van der Waals surface area contributed by atoms with Crippen molar-refractivity contribution in [1.29, 1.82) is 0 Å². The van der Waals surface area contributed by atoms with E-state index in [2.05, 4.69) is 0 Å². The highest BCUT2D eigenvalue weighted by molar-refractivity contribution is 6.30. The molecule has 0 radical (unpaired) electrons. The molecular weight excluding hydrogens is 244 g/mol. The van der Waals surface area contributed by atoms with Crippen molar-refractivity contribution in [3.63, 3.8) is 0 Å². The molecule has 0 saturated heterocycles. The van der Waals surface area contributed by atoms with Gasteiger partial charge in [0, 0.05) is 17.5 Å². The summed E-state index contributed by atoms with van der Waals surface area (Å²) in [6.45, 7) is 1.87. The molecule has 94 valence electrons. The van der Waals surface area contributed by atoms with Gasteiger partial charge >= 0.3 is 0 Å². The average molecular weight is 260 g/mol. The monoisotopic (exact) mass is 259 g/mol. The van der Waals surface area contributed by atoms with Crippen LogP contribution in [0.5, 0.6) is 0 Å². The Labute approximate surface area is 105 Å². The number of hydrogen-bond acceptors (Lipinski definition) is 1. The Morgan fingerprint density at radius 1 is 1.29 bits per heavy atom. The smallest absolute Gasteiger partial charge is 0.148 e. The zero-order valence-electron chi connectivity index (χ0n) is 9.82. The molecule has 1 aliphatic carbocycles. The molecule has 2 N–H and O–H groups in total. The van der Waals surface area contributed by atoms with Gasteiger partial charge < -0.3 is 5.73 Å². The minimum atomic E-state index is -0.637.